The number of hydrogen-bond acceptors (Lipinski definition) is 20. The Morgan fingerprint density at radius 1 is 0.532 bits per heavy atom. The molecule has 0 aromatic carbocycles. The molecule has 9 aliphatic carbocycles. The van der Waals surface area contributed by atoms with Gasteiger partial charge in [-0.2, -0.15) is 16.8 Å². The smallest absolute Gasteiger partial charge is 0.344 e. The zero-order valence-corrected chi connectivity index (χ0v) is 48.3. The van der Waals surface area contributed by atoms with Crippen LogP contribution >= 0.6 is 0 Å². The van der Waals surface area contributed by atoms with Crippen molar-refractivity contribution in [3.63, 3.8) is 0 Å². The van der Waals surface area contributed by atoms with Gasteiger partial charge in [0.15, 0.2) is 6.61 Å². The fourth-order valence-corrected chi connectivity index (χ4v) is 18.1. The summed E-state index contributed by atoms with van der Waals surface area (Å²) in [6, 6.07) is 0. The van der Waals surface area contributed by atoms with Crippen LogP contribution in [0.3, 0.4) is 0 Å². The minimum absolute atomic E-state index is 0.00284. The average molecular weight is 1150 g/mol. The van der Waals surface area contributed by atoms with Crippen LogP contribution in [0.1, 0.15) is 145 Å². The molecule has 2 aliphatic heterocycles. The molecule has 0 amide bonds. The first-order chi connectivity index (χ1) is 36.9. The molecule has 0 radical (unpaired) electrons. The summed E-state index contributed by atoms with van der Waals surface area (Å²) in [6.45, 7) is 26.3. The molecule has 2 heterocycles. The number of esters is 7. The molecule has 20 nitrogen and oxygen atoms in total. The van der Waals surface area contributed by atoms with Crippen LogP contribution in [0.15, 0.2) is 48.6 Å². The van der Waals surface area contributed by atoms with Crippen LogP contribution < -0.4 is 0 Å². The molecule has 2 saturated heterocycles. The number of hydrogen-bond donors (Lipinski definition) is 0. The highest BCUT2D eigenvalue weighted by Crippen LogP contribution is 2.62. The van der Waals surface area contributed by atoms with E-state index in [1.165, 1.54) is 58.8 Å². The van der Waals surface area contributed by atoms with Crippen LogP contribution in [-0.2, 0) is 95.3 Å². The van der Waals surface area contributed by atoms with E-state index in [1.807, 2.05) is 6.92 Å². The third-order valence-electron chi connectivity index (χ3n) is 17.8. The minimum Gasteiger partial charge on any atom is -0.462 e. The highest BCUT2D eigenvalue weighted by molar-refractivity contribution is 7.88. The van der Waals surface area contributed by atoms with Gasteiger partial charge in [-0.05, 0) is 148 Å². The van der Waals surface area contributed by atoms with Gasteiger partial charge in [0.2, 0.25) is 0 Å². The van der Waals surface area contributed by atoms with Crippen molar-refractivity contribution in [1.82, 2.24) is 0 Å². The summed E-state index contributed by atoms with van der Waals surface area (Å²) in [5, 5.41) is -0.930. The molecule has 0 aromatic rings. The lowest BCUT2D eigenvalue weighted by Crippen LogP contribution is -2.62. The third-order valence-corrected chi connectivity index (χ3v) is 21.3. The Bertz CT molecular complexity index is 2640. The molecule has 0 aromatic heterocycles. The molecule has 10 atom stereocenters. The second-order valence-electron chi connectivity index (χ2n) is 24.2. The van der Waals surface area contributed by atoms with E-state index in [2.05, 4.69) is 40.2 Å². The molecule has 11 rings (SSSR count). The molecule has 11 fully saturated rings. The Kier molecular flexibility index (Phi) is 19.3. The standard InChI is InChI=1S/C17H22O9S.C17H26O2.C13H16O7S.C10H16O2/c1-9(2)17(20)24-6-5-23-13(18)3-4-14(19)25-15-10-7-11-12(8-10)27(21,22)26-16(11)15;1-10(2)16(18)19-17(11(3)4)14-6-12-5-13(8-14)9-15(17)7-12;1-6(2)13(15)18-5-10(14)19-11-7-3-8-9(4-7)21(16,17)20-12(8)11;1-8(2)9(11)12-10(3)6-4-5-7-10/h10-12,15-16H,1,3-8H2,2H3;11-15H,1,5-9H2,2-4H3;7-9,11-12H,1,3-5H2,2H3;1,4-7H2,2-3H3. The first-order valence-electron chi connectivity index (χ1n) is 27.8. The van der Waals surface area contributed by atoms with Crippen LogP contribution in [0.25, 0.3) is 0 Å². The van der Waals surface area contributed by atoms with Gasteiger partial charge in [0.05, 0.1) is 23.3 Å². The van der Waals surface area contributed by atoms with Crippen molar-refractivity contribution in [3.05, 3.63) is 48.6 Å². The van der Waals surface area contributed by atoms with Crippen LogP contribution in [-0.4, -0.2) is 125 Å². The van der Waals surface area contributed by atoms with Crippen LogP contribution in [0.2, 0.25) is 0 Å². The van der Waals surface area contributed by atoms with E-state index in [1.54, 1.807) is 13.8 Å². The third kappa shape index (κ3) is 13.9. The lowest BCUT2D eigenvalue weighted by Gasteiger charge is -2.61. The summed E-state index contributed by atoms with van der Waals surface area (Å²) < 4.78 is 93.9. The van der Waals surface area contributed by atoms with Crippen molar-refractivity contribution < 1.29 is 91.9 Å². The molecule has 11 aliphatic rings. The summed E-state index contributed by atoms with van der Waals surface area (Å²) in [4.78, 5) is 81.0. The number of carbonyl (C=O) groups is 7. The fraction of sp³-hybridized carbons (Fsp3) is 0.737. The Labute approximate surface area is 464 Å². The average Bonchev–Trinajstić information content (AvgIpc) is 3.73. The highest BCUT2D eigenvalue weighted by Gasteiger charge is 2.67. The maximum Gasteiger partial charge on any atom is 0.344 e. The largest absolute Gasteiger partial charge is 0.462 e. The van der Waals surface area contributed by atoms with Crippen molar-refractivity contribution >= 4 is 62.0 Å². The first-order valence-corrected chi connectivity index (χ1v) is 30.7. The van der Waals surface area contributed by atoms with Gasteiger partial charge < -0.3 is 33.2 Å². The fourth-order valence-electron chi connectivity index (χ4n) is 14.4. The molecule has 8 bridgehead atoms. The second kappa shape index (κ2) is 24.7. The summed E-state index contributed by atoms with van der Waals surface area (Å²) in [5.41, 5.74) is 1.04. The Hall–Kier alpha value is -4.93. The van der Waals surface area contributed by atoms with Crippen molar-refractivity contribution in [1.29, 1.82) is 0 Å². The maximum atomic E-state index is 12.1. The molecular weight excluding hydrogens is 1070 g/mol. The molecule has 440 valence electrons. The van der Waals surface area contributed by atoms with Gasteiger partial charge in [0.25, 0.3) is 20.2 Å². The highest BCUT2D eigenvalue weighted by atomic mass is 32.2. The van der Waals surface area contributed by atoms with Crippen molar-refractivity contribution in [2.75, 3.05) is 19.8 Å². The zero-order chi connectivity index (χ0) is 58.1. The van der Waals surface area contributed by atoms with E-state index < -0.39 is 91.6 Å². The lowest BCUT2D eigenvalue weighted by molar-refractivity contribution is -0.221. The van der Waals surface area contributed by atoms with Crippen LogP contribution in [0.5, 0.6) is 0 Å². The van der Waals surface area contributed by atoms with Gasteiger partial charge >= 0.3 is 41.8 Å². The summed E-state index contributed by atoms with van der Waals surface area (Å²) >= 11 is 0. The molecule has 9 saturated carbocycles. The van der Waals surface area contributed by atoms with E-state index >= 15 is 0 Å². The second-order valence-corrected chi connectivity index (χ2v) is 27.8. The van der Waals surface area contributed by atoms with Crippen molar-refractivity contribution in [2.45, 2.75) is 191 Å². The maximum absolute atomic E-state index is 12.1. The number of fused-ring (bicyclic) bond motifs is 2. The van der Waals surface area contributed by atoms with E-state index in [0.717, 1.165) is 24.7 Å². The lowest BCUT2D eigenvalue weighted by atomic mass is 9.47. The molecule has 79 heavy (non-hydrogen) atoms. The molecule has 0 N–H and O–H groups in total. The van der Waals surface area contributed by atoms with Gasteiger partial charge in [-0.25, -0.2) is 24.0 Å². The van der Waals surface area contributed by atoms with Crippen molar-refractivity contribution in [3.8, 4) is 0 Å². The SMILES string of the molecule is C=C(C)C(=O)OC1(C(C)C)C2CC3CC(C2)CC1C3.C=C(C)C(=O)OC1(C)CCCC1.C=C(C)C(=O)OCC(=O)OC1C2CC3C1OS(=O)(=O)C3C2.C=C(C)C(=O)OCCOC(=O)CCC(=O)OC1C2CC3C1OS(=O)(=O)C3C2. The first kappa shape index (κ1) is 61.7. The van der Waals surface area contributed by atoms with E-state index in [9.17, 15) is 50.4 Å². The predicted octanol–water partition coefficient (Wildman–Crippen LogP) is 7.03. The number of carbonyl (C=O) groups excluding carboxylic acids is 7. The number of rotatable bonds is 17. The van der Waals surface area contributed by atoms with Gasteiger partial charge in [0, 0.05) is 46.0 Å². The molecular formula is C57H80O20S2. The van der Waals surface area contributed by atoms with Gasteiger partial charge in [-0.15, -0.1) is 0 Å². The molecule has 22 heteroatoms. The van der Waals surface area contributed by atoms with Gasteiger partial charge in [-0.1, -0.05) is 40.2 Å². The molecule has 10 unspecified atom stereocenters. The van der Waals surface area contributed by atoms with Crippen molar-refractivity contribution in [2.24, 2.45) is 53.3 Å². The normalized spacial score (nSPS) is 34.7. The monoisotopic (exact) mass is 1150 g/mol. The topological polar surface area (TPSA) is 271 Å². The van der Waals surface area contributed by atoms with E-state index in [-0.39, 0.29) is 84.0 Å². The van der Waals surface area contributed by atoms with E-state index in [4.69, 9.17) is 41.5 Å². The van der Waals surface area contributed by atoms with Gasteiger partial charge in [-0.3, -0.25) is 18.0 Å². The Morgan fingerprint density at radius 3 is 1.41 bits per heavy atom. The predicted molar refractivity (Wildman–Crippen MR) is 282 cm³/mol. The minimum atomic E-state index is -3.56. The van der Waals surface area contributed by atoms with Crippen LogP contribution in [0.4, 0.5) is 0 Å². The summed E-state index contributed by atoms with van der Waals surface area (Å²) in [6.07, 6.45) is 10.4. The number of ether oxygens (including phenoxy) is 7. The Balaban J connectivity index is 0.000000158. The molecule has 0 spiro atoms. The Morgan fingerprint density at radius 2 is 0.949 bits per heavy atom. The van der Waals surface area contributed by atoms with Crippen LogP contribution in [0, 0.1) is 53.3 Å². The zero-order valence-electron chi connectivity index (χ0n) is 46.7. The summed E-state index contributed by atoms with van der Waals surface area (Å²) in [7, 11) is -7.08. The quantitative estimate of drug-likeness (QED) is 0.0465. The summed E-state index contributed by atoms with van der Waals surface area (Å²) in [5.74, 6) is -0.398. The van der Waals surface area contributed by atoms with E-state index in [0.29, 0.717) is 54.6 Å². The van der Waals surface area contributed by atoms with Gasteiger partial charge in [0.1, 0.15) is 48.8 Å².